The van der Waals surface area contributed by atoms with Crippen LogP contribution in [0.15, 0.2) is 12.1 Å². The third kappa shape index (κ3) is 4.89. The van der Waals surface area contributed by atoms with Crippen LogP contribution >= 0.6 is 0 Å². The lowest BCUT2D eigenvalue weighted by molar-refractivity contribution is -0.137. The van der Waals surface area contributed by atoms with E-state index in [0.29, 0.717) is 29.8 Å². The van der Waals surface area contributed by atoms with Gasteiger partial charge in [0.15, 0.2) is 0 Å². The van der Waals surface area contributed by atoms with E-state index in [9.17, 15) is 25.2 Å². The van der Waals surface area contributed by atoms with Gasteiger partial charge in [0.25, 0.3) is 0 Å². The van der Waals surface area contributed by atoms with Crippen LogP contribution in [0.4, 0.5) is 0 Å². The number of rotatable bonds is 8. The Morgan fingerprint density at radius 1 is 1.04 bits per heavy atom. The smallest absolute Gasteiger partial charge is 0.303 e. The number of aliphatic hydroxyl groups is 3. The molecule has 1 unspecified atom stereocenters. The first-order valence-electron chi connectivity index (χ1n) is 15.9. The Hall–Kier alpha value is -4.21. The Kier molecular flexibility index (Phi) is 7.95. The van der Waals surface area contributed by atoms with Crippen LogP contribution in [0.2, 0.25) is 0 Å². The molecule has 0 spiro atoms. The van der Waals surface area contributed by atoms with E-state index in [0.717, 1.165) is 85.6 Å². The molecule has 1 aliphatic carbocycles. The van der Waals surface area contributed by atoms with Crippen LogP contribution in [0, 0.1) is 6.92 Å². The Bertz CT molecular complexity index is 1900. The highest BCUT2D eigenvalue weighted by molar-refractivity contribution is 6.02. The molecule has 0 fully saturated rings. The summed E-state index contributed by atoms with van der Waals surface area (Å²) < 4.78 is 0. The molecule has 236 valence electrons. The quantitative estimate of drug-likeness (QED) is 0.187. The normalized spacial score (nSPS) is 18.9. The summed E-state index contributed by atoms with van der Waals surface area (Å²) in [5, 5.41) is 42.4. The van der Waals surface area contributed by atoms with Crippen molar-refractivity contribution in [1.82, 2.24) is 19.9 Å². The molecule has 5 heterocycles. The molecule has 3 atom stereocenters. The molecule has 6 rings (SSSR count). The molecule has 3 aliphatic heterocycles. The number of nitrogens with one attached hydrogen (secondary N) is 2. The van der Waals surface area contributed by atoms with Crippen molar-refractivity contribution in [3.05, 3.63) is 68.6 Å². The summed E-state index contributed by atoms with van der Waals surface area (Å²) in [6, 6.07) is 3.88. The molecular weight excluding hydrogens is 568 g/mol. The number of carboxylic acid groups (broad SMARTS) is 1. The lowest BCUT2D eigenvalue weighted by Gasteiger charge is -2.17. The number of H-pyrrole nitrogens is 2. The Morgan fingerprint density at radius 3 is 2.42 bits per heavy atom. The van der Waals surface area contributed by atoms with Crippen molar-refractivity contribution in [2.24, 2.45) is 0 Å². The molecule has 9 heteroatoms. The van der Waals surface area contributed by atoms with E-state index in [2.05, 4.69) is 30.7 Å². The molecule has 0 saturated carbocycles. The maximum absolute atomic E-state index is 11.7. The molecule has 2 aromatic heterocycles. The Balaban J connectivity index is 1.81. The molecule has 4 aliphatic rings. The van der Waals surface area contributed by atoms with Gasteiger partial charge in [-0.2, -0.15) is 0 Å². The molecule has 45 heavy (non-hydrogen) atoms. The fourth-order valence-corrected chi connectivity index (χ4v) is 7.70. The number of nitrogens with zero attached hydrogens (tertiary/aromatic N) is 2. The average Bonchev–Trinajstić information content (AvgIpc) is 3.76. The average molecular weight is 611 g/mol. The maximum atomic E-state index is 11.7. The Morgan fingerprint density at radius 2 is 1.78 bits per heavy atom. The first-order valence-corrected chi connectivity index (χ1v) is 15.9. The molecule has 0 radical (unpaired) electrons. The number of aliphatic carboxylic acids is 1. The van der Waals surface area contributed by atoms with Crippen molar-refractivity contribution in [2.75, 3.05) is 6.61 Å². The zero-order chi connectivity index (χ0) is 32.3. The van der Waals surface area contributed by atoms with Gasteiger partial charge in [-0.1, -0.05) is 27.2 Å². The number of aromatic amines is 2. The SMILES string of the molecule is CCCC1=C(CO)c2cc3nc(c(C)c4[nH]c(c5c6[nH]c(cc1n2)c(CC)c6C(O)=C5)[C@@H](CCC(=O)O)[C@@H]4C)C(C)=C3C(C)O. The molecule has 0 amide bonds. The van der Waals surface area contributed by atoms with Gasteiger partial charge in [0.05, 0.1) is 41.0 Å². The predicted molar refractivity (Wildman–Crippen MR) is 178 cm³/mol. The third-order valence-electron chi connectivity index (χ3n) is 9.84. The fraction of sp³-hybridized carbons (Fsp3) is 0.417. The molecular formula is C36H42N4O5. The number of fused-ring (bicyclic) bond motifs is 8. The van der Waals surface area contributed by atoms with Crippen molar-refractivity contribution in [3.63, 3.8) is 0 Å². The topological polar surface area (TPSA) is 155 Å². The van der Waals surface area contributed by atoms with E-state index in [1.807, 2.05) is 26.0 Å². The van der Waals surface area contributed by atoms with Gasteiger partial charge >= 0.3 is 5.97 Å². The Labute approximate surface area is 262 Å². The van der Waals surface area contributed by atoms with Crippen LogP contribution in [-0.2, 0) is 11.2 Å². The molecule has 0 saturated heterocycles. The maximum Gasteiger partial charge on any atom is 0.303 e. The van der Waals surface area contributed by atoms with Crippen LogP contribution in [0.5, 0.6) is 0 Å². The van der Waals surface area contributed by atoms with Crippen molar-refractivity contribution < 1.29 is 25.2 Å². The van der Waals surface area contributed by atoms with Gasteiger partial charge in [-0.3, -0.25) is 4.79 Å². The second-order valence-corrected chi connectivity index (χ2v) is 12.6. The van der Waals surface area contributed by atoms with Crippen molar-refractivity contribution in [3.8, 4) is 0 Å². The van der Waals surface area contributed by atoms with Crippen LogP contribution in [-0.4, -0.2) is 59.0 Å². The number of allylic oxidation sites excluding steroid dienone is 2. The minimum Gasteiger partial charge on any atom is -0.507 e. The summed E-state index contributed by atoms with van der Waals surface area (Å²) in [6.45, 7) is 11.8. The summed E-state index contributed by atoms with van der Waals surface area (Å²) in [7, 11) is 0. The number of carboxylic acids is 1. The van der Waals surface area contributed by atoms with E-state index in [4.69, 9.17) is 9.97 Å². The zero-order valence-corrected chi connectivity index (χ0v) is 26.8. The van der Waals surface area contributed by atoms with Crippen LogP contribution < -0.4 is 0 Å². The third-order valence-corrected chi connectivity index (χ3v) is 9.84. The fourth-order valence-electron chi connectivity index (χ4n) is 7.70. The molecule has 9 nitrogen and oxygen atoms in total. The van der Waals surface area contributed by atoms with Gasteiger partial charge in [0.1, 0.15) is 5.76 Å². The summed E-state index contributed by atoms with van der Waals surface area (Å²) in [5.74, 6) is -0.858. The summed E-state index contributed by atoms with van der Waals surface area (Å²) >= 11 is 0. The molecule has 6 N–H and O–H groups in total. The van der Waals surface area contributed by atoms with Crippen LogP contribution in [0.25, 0.3) is 45.2 Å². The first kappa shape index (κ1) is 30.8. The van der Waals surface area contributed by atoms with Crippen molar-refractivity contribution >= 4 is 51.1 Å². The van der Waals surface area contributed by atoms with Gasteiger partial charge in [-0.15, -0.1) is 0 Å². The number of hydrogen-bond acceptors (Lipinski definition) is 6. The van der Waals surface area contributed by atoms with Gasteiger partial charge in [0, 0.05) is 57.4 Å². The lowest BCUT2D eigenvalue weighted by atomic mass is 9.84. The minimum absolute atomic E-state index is 0.0173. The minimum atomic E-state index is -0.851. The number of hydrogen-bond donors (Lipinski definition) is 6. The monoisotopic (exact) mass is 610 g/mol. The summed E-state index contributed by atoms with van der Waals surface area (Å²) in [4.78, 5) is 29.1. The second kappa shape index (κ2) is 11.6. The standard InChI is InChI=1S/C36H42N4O5/c1-7-9-22-24(15-41)27-14-28-31(19(6)42)17(4)34(39-28)18(5)33-16(3)21(10-11-30(44)45)35(40-33)23-12-29(43)32-20(8-2)25(38-36(23)32)13-26(22)37-27/h12-14,16,19,21,38,40-43H,7-11,15H2,1-6H3,(H,44,45)/t16-,19?,21-/m0/s1. The number of carbonyl (C=O) groups is 1. The van der Waals surface area contributed by atoms with Crippen molar-refractivity contribution in [2.45, 2.75) is 91.6 Å². The molecule has 2 aromatic rings. The van der Waals surface area contributed by atoms with Crippen molar-refractivity contribution in [1.29, 1.82) is 0 Å². The van der Waals surface area contributed by atoms with Gasteiger partial charge in [-0.05, 0) is 80.5 Å². The largest absolute Gasteiger partial charge is 0.507 e. The van der Waals surface area contributed by atoms with E-state index in [1.54, 1.807) is 13.0 Å². The van der Waals surface area contributed by atoms with Crippen LogP contribution in [0.1, 0.15) is 129 Å². The molecule has 0 aromatic carbocycles. The van der Waals surface area contributed by atoms with E-state index in [1.165, 1.54) is 0 Å². The highest BCUT2D eigenvalue weighted by Gasteiger charge is 2.35. The van der Waals surface area contributed by atoms with E-state index >= 15 is 0 Å². The first-order chi connectivity index (χ1) is 21.5. The summed E-state index contributed by atoms with van der Waals surface area (Å²) in [5.41, 5.74) is 12.9. The van der Waals surface area contributed by atoms with Crippen LogP contribution in [0.3, 0.4) is 0 Å². The van der Waals surface area contributed by atoms with Gasteiger partial charge < -0.3 is 30.4 Å². The van der Waals surface area contributed by atoms with E-state index in [-0.39, 0.29) is 30.6 Å². The second-order valence-electron chi connectivity index (χ2n) is 12.6. The highest BCUT2D eigenvalue weighted by atomic mass is 16.4. The number of aromatic nitrogens is 4. The van der Waals surface area contributed by atoms with E-state index < -0.39 is 12.1 Å². The van der Waals surface area contributed by atoms with Gasteiger partial charge in [-0.25, -0.2) is 9.97 Å². The predicted octanol–water partition coefficient (Wildman–Crippen LogP) is 7.04. The van der Waals surface area contributed by atoms with Gasteiger partial charge in [0.2, 0.25) is 0 Å². The lowest BCUT2D eigenvalue weighted by Crippen LogP contribution is -2.07. The number of aryl methyl sites for hydroxylation is 1. The zero-order valence-electron chi connectivity index (χ0n) is 26.8. The summed E-state index contributed by atoms with van der Waals surface area (Å²) in [6.07, 6.45) is 3.71. The number of aliphatic hydroxyl groups excluding tert-OH is 3. The molecule has 8 bridgehead atoms. The highest BCUT2D eigenvalue weighted by Crippen LogP contribution is 2.47.